The Morgan fingerprint density at radius 1 is 1.08 bits per heavy atom. The maximum Gasteiger partial charge on any atom is 0.270 e. The predicted molar refractivity (Wildman–Crippen MR) is 145 cm³/mol. The monoisotopic (exact) mass is 519 g/mol. The standard InChI is InChI=1S/C25H21N5O4S2/c31-23(20-14-19(30(32)33)7-8-22(20)29-9-11-34-12-10-29)27-24(35)28-25-26-21(15-36-25)18-6-5-16-3-1-2-4-17(16)13-18/h1-8,13-15H,9-12H2,(H2,26,27,28,31,35). The molecule has 36 heavy (non-hydrogen) atoms. The summed E-state index contributed by atoms with van der Waals surface area (Å²) in [6.07, 6.45) is 0. The number of hydrogen-bond donors (Lipinski definition) is 2. The van der Waals surface area contributed by atoms with Gasteiger partial charge in [-0.1, -0.05) is 36.4 Å². The molecular formula is C25H21N5O4S2. The second-order valence-corrected chi connectivity index (χ2v) is 9.33. The van der Waals surface area contributed by atoms with Crippen molar-refractivity contribution in [2.75, 3.05) is 36.5 Å². The lowest BCUT2D eigenvalue weighted by molar-refractivity contribution is -0.384. The van der Waals surface area contributed by atoms with Crippen molar-refractivity contribution < 1.29 is 14.5 Å². The number of nitrogens with zero attached hydrogens (tertiary/aromatic N) is 3. The Balaban J connectivity index is 1.31. The third-order valence-corrected chi connectivity index (χ3v) is 6.75. The highest BCUT2D eigenvalue weighted by Gasteiger charge is 2.23. The molecule has 2 N–H and O–H groups in total. The summed E-state index contributed by atoms with van der Waals surface area (Å²) in [5.41, 5.74) is 2.36. The highest BCUT2D eigenvalue weighted by atomic mass is 32.1. The molecule has 0 unspecified atom stereocenters. The molecule has 4 aromatic rings. The zero-order valence-corrected chi connectivity index (χ0v) is 20.6. The average molecular weight is 520 g/mol. The molecule has 0 atom stereocenters. The van der Waals surface area contributed by atoms with E-state index in [-0.39, 0.29) is 16.4 Å². The van der Waals surface area contributed by atoms with E-state index in [0.29, 0.717) is 37.1 Å². The van der Waals surface area contributed by atoms with Gasteiger partial charge >= 0.3 is 0 Å². The van der Waals surface area contributed by atoms with Crippen LogP contribution in [0.15, 0.2) is 66.0 Å². The molecule has 1 fully saturated rings. The van der Waals surface area contributed by atoms with Gasteiger partial charge in [-0.2, -0.15) is 0 Å². The number of nitro groups is 1. The van der Waals surface area contributed by atoms with E-state index in [0.717, 1.165) is 22.0 Å². The molecule has 0 radical (unpaired) electrons. The van der Waals surface area contributed by atoms with Crippen molar-refractivity contribution in [2.24, 2.45) is 0 Å². The summed E-state index contributed by atoms with van der Waals surface area (Å²) in [5.74, 6) is -0.538. The number of thiazole rings is 1. The van der Waals surface area contributed by atoms with E-state index in [2.05, 4.69) is 27.8 Å². The van der Waals surface area contributed by atoms with E-state index >= 15 is 0 Å². The van der Waals surface area contributed by atoms with Crippen LogP contribution in [-0.4, -0.2) is 47.2 Å². The fourth-order valence-electron chi connectivity index (χ4n) is 4.01. The van der Waals surface area contributed by atoms with E-state index in [1.807, 2.05) is 40.6 Å². The van der Waals surface area contributed by atoms with Gasteiger partial charge in [-0.3, -0.25) is 20.2 Å². The van der Waals surface area contributed by atoms with E-state index in [9.17, 15) is 14.9 Å². The van der Waals surface area contributed by atoms with Crippen LogP contribution in [0.2, 0.25) is 0 Å². The van der Waals surface area contributed by atoms with Gasteiger partial charge in [0, 0.05) is 36.2 Å². The number of nitrogens with one attached hydrogen (secondary N) is 2. The number of hydrogen-bond acceptors (Lipinski definition) is 8. The first-order valence-corrected chi connectivity index (χ1v) is 12.4. The summed E-state index contributed by atoms with van der Waals surface area (Å²) >= 11 is 6.70. The number of thiocarbonyl (C=S) groups is 1. The molecule has 1 aromatic heterocycles. The first-order chi connectivity index (χ1) is 17.5. The molecule has 1 amide bonds. The molecule has 1 aliphatic rings. The van der Waals surface area contributed by atoms with Crippen LogP contribution in [0.25, 0.3) is 22.0 Å². The maximum absolute atomic E-state index is 13.1. The Hall–Kier alpha value is -3.93. The van der Waals surface area contributed by atoms with Gasteiger partial charge in [-0.25, -0.2) is 4.98 Å². The van der Waals surface area contributed by atoms with Crippen LogP contribution in [0.5, 0.6) is 0 Å². The van der Waals surface area contributed by atoms with Gasteiger partial charge in [0.15, 0.2) is 10.2 Å². The summed E-state index contributed by atoms with van der Waals surface area (Å²) in [4.78, 5) is 30.4. The number of morpholine rings is 1. The summed E-state index contributed by atoms with van der Waals surface area (Å²) < 4.78 is 5.38. The molecule has 0 saturated carbocycles. The summed E-state index contributed by atoms with van der Waals surface area (Å²) in [5, 5.41) is 21.6. The number of benzene rings is 3. The molecule has 0 aliphatic carbocycles. The molecular weight excluding hydrogens is 498 g/mol. The normalized spacial score (nSPS) is 13.4. The van der Waals surface area contributed by atoms with Crippen LogP contribution < -0.4 is 15.5 Å². The SMILES string of the molecule is O=C(NC(=S)Nc1nc(-c2ccc3ccccc3c2)cs1)c1cc([N+](=O)[O-])ccc1N1CCOCC1. The zero-order chi connectivity index (χ0) is 25.1. The van der Waals surface area contributed by atoms with Crippen molar-refractivity contribution in [3.63, 3.8) is 0 Å². The lowest BCUT2D eigenvalue weighted by Gasteiger charge is -2.30. The minimum Gasteiger partial charge on any atom is -0.378 e. The van der Waals surface area contributed by atoms with E-state index in [1.165, 1.54) is 23.5 Å². The van der Waals surface area contributed by atoms with Gasteiger partial charge in [0.05, 0.1) is 35.1 Å². The Labute approximate surface area is 215 Å². The summed E-state index contributed by atoms with van der Waals surface area (Å²) in [6.45, 7) is 2.19. The molecule has 5 rings (SSSR count). The second kappa shape index (κ2) is 10.4. The van der Waals surface area contributed by atoms with Gasteiger partial charge in [0.1, 0.15) is 0 Å². The Morgan fingerprint density at radius 2 is 1.86 bits per heavy atom. The number of aromatic nitrogens is 1. The summed E-state index contributed by atoms with van der Waals surface area (Å²) in [7, 11) is 0. The van der Waals surface area contributed by atoms with Gasteiger partial charge in [-0.05, 0) is 35.1 Å². The highest BCUT2D eigenvalue weighted by Crippen LogP contribution is 2.29. The third kappa shape index (κ3) is 5.18. The largest absolute Gasteiger partial charge is 0.378 e. The van der Waals surface area contributed by atoms with Crippen LogP contribution >= 0.6 is 23.6 Å². The van der Waals surface area contributed by atoms with Gasteiger partial charge in [0.25, 0.3) is 11.6 Å². The molecule has 11 heteroatoms. The van der Waals surface area contributed by atoms with Crippen molar-refractivity contribution in [1.29, 1.82) is 0 Å². The van der Waals surface area contributed by atoms with Crippen LogP contribution in [0.1, 0.15) is 10.4 Å². The topological polar surface area (TPSA) is 110 Å². The van der Waals surface area contributed by atoms with Crippen LogP contribution in [0.3, 0.4) is 0 Å². The number of non-ortho nitro benzene ring substituents is 1. The van der Waals surface area contributed by atoms with E-state index in [4.69, 9.17) is 17.0 Å². The number of carbonyl (C=O) groups excluding carboxylic acids is 1. The van der Waals surface area contributed by atoms with Gasteiger partial charge in [0.2, 0.25) is 0 Å². The average Bonchev–Trinajstić information content (AvgIpc) is 3.36. The fourth-order valence-corrected chi connectivity index (χ4v) is 4.99. The Bertz CT molecular complexity index is 1470. The smallest absolute Gasteiger partial charge is 0.270 e. The minimum absolute atomic E-state index is 0.0545. The zero-order valence-electron chi connectivity index (χ0n) is 19.0. The van der Waals surface area contributed by atoms with E-state index < -0.39 is 10.8 Å². The Morgan fingerprint density at radius 3 is 2.64 bits per heavy atom. The van der Waals surface area contributed by atoms with Gasteiger partial charge < -0.3 is 15.0 Å². The van der Waals surface area contributed by atoms with Crippen molar-refractivity contribution in [2.45, 2.75) is 0 Å². The molecule has 0 bridgehead atoms. The number of anilines is 2. The van der Waals surface area contributed by atoms with Crippen molar-refractivity contribution in [1.82, 2.24) is 10.3 Å². The maximum atomic E-state index is 13.1. The second-order valence-electron chi connectivity index (χ2n) is 8.07. The molecule has 1 saturated heterocycles. The van der Waals surface area contributed by atoms with Gasteiger partial charge in [-0.15, -0.1) is 11.3 Å². The molecule has 0 spiro atoms. The van der Waals surface area contributed by atoms with Crippen LogP contribution in [0.4, 0.5) is 16.5 Å². The Kier molecular flexibility index (Phi) is 6.85. The third-order valence-electron chi connectivity index (χ3n) is 5.78. The fraction of sp³-hybridized carbons (Fsp3) is 0.160. The number of nitro benzene ring substituents is 1. The first kappa shape index (κ1) is 23.8. The van der Waals surface area contributed by atoms with Crippen molar-refractivity contribution in [3.05, 3.63) is 81.7 Å². The predicted octanol–water partition coefficient (Wildman–Crippen LogP) is 4.83. The van der Waals surface area contributed by atoms with Crippen molar-refractivity contribution >= 4 is 61.9 Å². The molecule has 2 heterocycles. The highest BCUT2D eigenvalue weighted by molar-refractivity contribution is 7.80. The lowest BCUT2D eigenvalue weighted by atomic mass is 10.1. The number of amides is 1. The lowest BCUT2D eigenvalue weighted by Crippen LogP contribution is -2.39. The summed E-state index contributed by atoms with van der Waals surface area (Å²) in [6, 6.07) is 18.5. The quantitative estimate of drug-likeness (QED) is 0.219. The minimum atomic E-state index is -0.538. The molecule has 9 nitrogen and oxygen atoms in total. The molecule has 1 aliphatic heterocycles. The molecule has 3 aromatic carbocycles. The number of ether oxygens (including phenoxy) is 1. The van der Waals surface area contributed by atoms with Crippen LogP contribution in [-0.2, 0) is 4.74 Å². The number of rotatable bonds is 5. The van der Waals surface area contributed by atoms with Crippen LogP contribution in [0, 0.1) is 10.1 Å². The first-order valence-electron chi connectivity index (χ1n) is 11.2. The van der Waals surface area contributed by atoms with Crippen molar-refractivity contribution in [3.8, 4) is 11.3 Å². The van der Waals surface area contributed by atoms with E-state index in [1.54, 1.807) is 6.07 Å². The molecule has 182 valence electrons. The number of carbonyl (C=O) groups is 1. The number of fused-ring (bicyclic) bond motifs is 1.